The maximum Gasteiger partial charge on any atom is 0.306 e. The SMILES string of the molecule is CC(=O)O[C@@H]1CC2=CC(=O)CCC2(C)C2CCC3(C)C(CCC34CCC(=O)O4)C21. The third-order valence-corrected chi connectivity index (χ3v) is 9.61. The lowest BCUT2D eigenvalue weighted by Crippen LogP contribution is -2.58. The molecular formula is C24H32O5. The molecule has 5 rings (SSSR count). The van der Waals surface area contributed by atoms with E-state index in [-0.39, 0.29) is 46.2 Å². The molecule has 0 N–H and O–H groups in total. The molecule has 1 heterocycles. The van der Waals surface area contributed by atoms with Crippen LogP contribution >= 0.6 is 0 Å². The Labute approximate surface area is 172 Å². The zero-order chi connectivity index (χ0) is 20.6. The van der Waals surface area contributed by atoms with Crippen LogP contribution in [-0.2, 0) is 23.9 Å². The van der Waals surface area contributed by atoms with Crippen molar-refractivity contribution in [2.75, 3.05) is 0 Å². The topological polar surface area (TPSA) is 69.7 Å². The Bertz CT molecular complexity index is 814. The summed E-state index contributed by atoms with van der Waals surface area (Å²) in [6.07, 6.45) is 9.22. The van der Waals surface area contributed by atoms with E-state index in [1.165, 1.54) is 12.5 Å². The Hall–Kier alpha value is -1.65. The van der Waals surface area contributed by atoms with E-state index in [1.54, 1.807) is 0 Å². The highest BCUT2D eigenvalue weighted by molar-refractivity contribution is 5.91. The summed E-state index contributed by atoms with van der Waals surface area (Å²) in [6.45, 7) is 6.14. The molecule has 4 aliphatic carbocycles. The third-order valence-electron chi connectivity index (χ3n) is 9.61. The van der Waals surface area contributed by atoms with Gasteiger partial charge in [0.15, 0.2) is 5.78 Å². The number of hydrogen-bond acceptors (Lipinski definition) is 5. The van der Waals surface area contributed by atoms with E-state index in [9.17, 15) is 14.4 Å². The first-order valence-electron chi connectivity index (χ1n) is 11.3. The molecule has 0 radical (unpaired) electrons. The first-order chi connectivity index (χ1) is 13.7. The van der Waals surface area contributed by atoms with Crippen molar-refractivity contribution < 1.29 is 23.9 Å². The highest BCUT2D eigenvalue weighted by Gasteiger charge is 2.68. The van der Waals surface area contributed by atoms with E-state index < -0.39 is 0 Å². The van der Waals surface area contributed by atoms with Crippen LogP contribution in [0, 0.1) is 28.6 Å². The molecule has 5 nitrogen and oxygen atoms in total. The summed E-state index contributed by atoms with van der Waals surface area (Å²) in [4.78, 5) is 36.2. The number of hydrogen-bond donors (Lipinski definition) is 0. The van der Waals surface area contributed by atoms with Crippen molar-refractivity contribution in [3.05, 3.63) is 11.6 Å². The molecule has 5 aliphatic rings. The maximum atomic E-state index is 12.2. The van der Waals surface area contributed by atoms with Crippen molar-refractivity contribution in [1.29, 1.82) is 0 Å². The third kappa shape index (κ3) is 2.55. The molecule has 5 heteroatoms. The number of ether oxygens (including phenoxy) is 2. The van der Waals surface area contributed by atoms with Gasteiger partial charge in [0.1, 0.15) is 11.7 Å². The molecule has 158 valence electrons. The fourth-order valence-corrected chi connectivity index (χ4v) is 8.13. The Balaban J connectivity index is 1.56. The Morgan fingerprint density at radius 2 is 1.83 bits per heavy atom. The van der Waals surface area contributed by atoms with E-state index in [1.807, 2.05) is 6.08 Å². The Kier molecular flexibility index (Phi) is 4.12. The highest BCUT2D eigenvalue weighted by Crippen LogP contribution is 2.70. The van der Waals surface area contributed by atoms with Crippen LogP contribution in [-0.4, -0.2) is 29.4 Å². The second-order valence-corrected chi connectivity index (χ2v) is 10.7. The van der Waals surface area contributed by atoms with Gasteiger partial charge in [-0.15, -0.1) is 0 Å². The van der Waals surface area contributed by atoms with Gasteiger partial charge in [0, 0.05) is 37.5 Å². The predicted octanol–water partition coefficient (Wildman–Crippen LogP) is 4.14. The number of carbonyl (C=O) groups is 3. The molecule has 1 saturated heterocycles. The van der Waals surface area contributed by atoms with Crippen molar-refractivity contribution in [2.24, 2.45) is 28.6 Å². The minimum Gasteiger partial charge on any atom is -0.462 e. The van der Waals surface area contributed by atoms with E-state index in [0.717, 1.165) is 38.5 Å². The van der Waals surface area contributed by atoms with Crippen LogP contribution in [0.5, 0.6) is 0 Å². The lowest BCUT2D eigenvalue weighted by Gasteiger charge is -2.60. The van der Waals surface area contributed by atoms with Gasteiger partial charge in [-0.25, -0.2) is 0 Å². The molecular weight excluding hydrogens is 368 g/mol. The zero-order valence-corrected chi connectivity index (χ0v) is 17.8. The van der Waals surface area contributed by atoms with Gasteiger partial charge in [-0.3, -0.25) is 14.4 Å². The highest BCUT2D eigenvalue weighted by atomic mass is 16.6. The summed E-state index contributed by atoms with van der Waals surface area (Å²) in [5.41, 5.74) is 0.810. The number of ketones is 1. The van der Waals surface area contributed by atoms with Crippen LogP contribution in [0.1, 0.15) is 78.6 Å². The van der Waals surface area contributed by atoms with Gasteiger partial charge in [-0.1, -0.05) is 19.4 Å². The molecule has 1 spiro atoms. The number of esters is 2. The molecule has 4 fully saturated rings. The fourth-order valence-electron chi connectivity index (χ4n) is 8.13. The van der Waals surface area contributed by atoms with Gasteiger partial charge >= 0.3 is 11.9 Å². The van der Waals surface area contributed by atoms with Crippen LogP contribution in [0.15, 0.2) is 11.6 Å². The first kappa shape index (κ1) is 19.3. The van der Waals surface area contributed by atoms with Gasteiger partial charge in [0.25, 0.3) is 0 Å². The monoisotopic (exact) mass is 400 g/mol. The van der Waals surface area contributed by atoms with Gasteiger partial charge < -0.3 is 9.47 Å². The summed E-state index contributed by atoms with van der Waals surface area (Å²) in [5.74, 6) is 0.963. The Morgan fingerprint density at radius 3 is 2.52 bits per heavy atom. The number of rotatable bonds is 1. The summed E-state index contributed by atoms with van der Waals surface area (Å²) in [5, 5.41) is 0. The van der Waals surface area contributed by atoms with E-state index in [0.29, 0.717) is 31.1 Å². The molecule has 0 aromatic carbocycles. The second kappa shape index (κ2) is 6.18. The largest absolute Gasteiger partial charge is 0.462 e. The smallest absolute Gasteiger partial charge is 0.306 e. The summed E-state index contributed by atoms with van der Waals surface area (Å²) in [7, 11) is 0. The van der Waals surface area contributed by atoms with Crippen molar-refractivity contribution in [3.8, 4) is 0 Å². The maximum absolute atomic E-state index is 12.2. The van der Waals surface area contributed by atoms with E-state index >= 15 is 0 Å². The Morgan fingerprint density at radius 1 is 1.07 bits per heavy atom. The molecule has 6 unspecified atom stereocenters. The fraction of sp³-hybridized carbons (Fsp3) is 0.792. The first-order valence-corrected chi connectivity index (χ1v) is 11.3. The average molecular weight is 401 g/mol. The van der Waals surface area contributed by atoms with E-state index in [4.69, 9.17) is 9.47 Å². The molecule has 1 aliphatic heterocycles. The molecule has 0 aromatic rings. The van der Waals surface area contributed by atoms with Crippen LogP contribution in [0.25, 0.3) is 0 Å². The lowest BCUT2D eigenvalue weighted by atomic mass is 9.45. The number of fused-ring (bicyclic) bond motifs is 6. The minimum atomic E-state index is -0.333. The average Bonchev–Trinajstić information content (AvgIpc) is 3.17. The molecule has 0 bridgehead atoms. The predicted molar refractivity (Wildman–Crippen MR) is 106 cm³/mol. The zero-order valence-electron chi connectivity index (χ0n) is 17.8. The van der Waals surface area contributed by atoms with Crippen LogP contribution < -0.4 is 0 Å². The lowest BCUT2D eigenvalue weighted by molar-refractivity contribution is -0.182. The van der Waals surface area contributed by atoms with E-state index in [2.05, 4.69) is 13.8 Å². The van der Waals surface area contributed by atoms with Crippen LogP contribution in [0.4, 0.5) is 0 Å². The quantitative estimate of drug-likeness (QED) is 0.619. The molecule has 0 aromatic heterocycles. The summed E-state index contributed by atoms with van der Waals surface area (Å²) >= 11 is 0. The summed E-state index contributed by atoms with van der Waals surface area (Å²) in [6, 6.07) is 0. The second-order valence-electron chi connectivity index (χ2n) is 10.7. The van der Waals surface area contributed by atoms with Crippen LogP contribution in [0.2, 0.25) is 0 Å². The van der Waals surface area contributed by atoms with Crippen LogP contribution in [0.3, 0.4) is 0 Å². The van der Waals surface area contributed by atoms with Gasteiger partial charge in [-0.05, 0) is 61.9 Å². The molecule has 29 heavy (non-hydrogen) atoms. The van der Waals surface area contributed by atoms with Crippen molar-refractivity contribution >= 4 is 17.7 Å². The van der Waals surface area contributed by atoms with Crippen molar-refractivity contribution in [3.63, 3.8) is 0 Å². The molecule has 0 amide bonds. The van der Waals surface area contributed by atoms with Gasteiger partial charge in [0.05, 0.1) is 0 Å². The number of carbonyl (C=O) groups excluding carboxylic acids is 3. The minimum absolute atomic E-state index is 0.0126. The van der Waals surface area contributed by atoms with Gasteiger partial charge in [-0.2, -0.15) is 0 Å². The van der Waals surface area contributed by atoms with Crippen molar-refractivity contribution in [2.45, 2.75) is 90.3 Å². The standard InChI is InChI=1S/C24H32O5/c1-14(25)28-19-13-15-12-16(26)4-8-22(15,2)17-5-9-23(3)18(21(17)19)6-10-24(23)11-7-20(27)29-24/h12,17-19,21H,4-11,13H2,1-3H3/t17?,18?,19-,21?,22?,23?,24?/m1/s1. The molecule has 3 saturated carbocycles. The summed E-state index contributed by atoms with van der Waals surface area (Å²) < 4.78 is 11.9. The normalized spacial score (nSPS) is 48.4. The van der Waals surface area contributed by atoms with Crippen molar-refractivity contribution in [1.82, 2.24) is 0 Å². The molecule has 7 atom stereocenters. The van der Waals surface area contributed by atoms with Gasteiger partial charge in [0.2, 0.25) is 0 Å².